The van der Waals surface area contributed by atoms with Crippen LogP contribution in [-0.2, 0) is 16.7 Å². The maximum absolute atomic E-state index is 13.3. The van der Waals surface area contributed by atoms with Crippen molar-refractivity contribution in [3.05, 3.63) is 53.1 Å². The van der Waals surface area contributed by atoms with Gasteiger partial charge in [-0.25, -0.2) is 9.18 Å². The SMILES string of the molecule is CCOC(=O)c1cc(C(C)(C)C)nn1Cc1cccc(F)c1. The van der Waals surface area contributed by atoms with Crippen molar-refractivity contribution in [1.29, 1.82) is 0 Å². The van der Waals surface area contributed by atoms with E-state index in [4.69, 9.17) is 4.74 Å². The quantitative estimate of drug-likeness (QED) is 0.811. The van der Waals surface area contributed by atoms with Crippen LogP contribution in [0.2, 0.25) is 0 Å². The zero-order valence-electron chi connectivity index (χ0n) is 13.4. The highest BCUT2D eigenvalue weighted by molar-refractivity contribution is 5.87. The highest BCUT2D eigenvalue weighted by Gasteiger charge is 2.23. The molecule has 0 aliphatic carbocycles. The summed E-state index contributed by atoms with van der Waals surface area (Å²) in [6, 6.07) is 8.02. The van der Waals surface area contributed by atoms with Crippen LogP contribution < -0.4 is 0 Å². The Kier molecular flexibility index (Phi) is 4.64. The number of hydrogen-bond donors (Lipinski definition) is 0. The maximum atomic E-state index is 13.3. The second-order valence-electron chi connectivity index (χ2n) is 6.17. The second-order valence-corrected chi connectivity index (χ2v) is 6.17. The van der Waals surface area contributed by atoms with Gasteiger partial charge in [0.25, 0.3) is 0 Å². The molecule has 5 heteroatoms. The van der Waals surface area contributed by atoms with Crippen LogP contribution in [0.15, 0.2) is 30.3 Å². The minimum absolute atomic E-state index is 0.186. The molecule has 0 fully saturated rings. The van der Waals surface area contributed by atoms with Crippen molar-refractivity contribution in [2.45, 2.75) is 39.7 Å². The Morgan fingerprint density at radius 3 is 2.64 bits per heavy atom. The van der Waals surface area contributed by atoms with E-state index in [1.54, 1.807) is 29.8 Å². The zero-order valence-corrected chi connectivity index (χ0v) is 13.4. The molecule has 0 spiro atoms. The number of nitrogens with zero attached hydrogens (tertiary/aromatic N) is 2. The Hall–Kier alpha value is -2.17. The first-order chi connectivity index (χ1) is 10.3. The van der Waals surface area contributed by atoms with E-state index in [0.29, 0.717) is 18.8 Å². The normalized spacial score (nSPS) is 11.5. The lowest BCUT2D eigenvalue weighted by molar-refractivity contribution is 0.0512. The first-order valence-corrected chi connectivity index (χ1v) is 7.31. The van der Waals surface area contributed by atoms with Gasteiger partial charge in [-0.15, -0.1) is 0 Å². The highest BCUT2D eigenvalue weighted by atomic mass is 19.1. The number of rotatable bonds is 4. The van der Waals surface area contributed by atoms with Gasteiger partial charge in [0, 0.05) is 5.41 Å². The minimum Gasteiger partial charge on any atom is -0.461 e. The standard InChI is InChI=1S/C17H21FN2O2/c1-5-22-16(21)14-10-15(17(2,3)4)19-20(14)11-12-7-6-8-13(18)9-12/h6-10H,5,11H2,1-4H3. The van der Waals surface area contributed by atoms with Crippen molar-refractivity contribution >= 4 is 5.97 Å². The van der Waals surface area contributed by atoms with E-state index < -0.39 is 5.97 Å². The molecule has 2 rings (SSSR count). The number of aromatic nitrogens is 2. The average Bonchev–Trinajstić information content (AvgIpc) is 2.83. The summed E-state index contributed by atoms with van der Waals surface area (Å²) in [6.45, 7) is 8.46. The predicted octanol–water partition coefficient (Wildman–Crippen LogP) is 3.54. The van der Waals surface area contributed by atoms with E-state index >= 15 is 0 Å². The molecule has 4 nitrogen and oxygen atoms in total. The van der Waals surface area contributed by atoms with Gasteiger partial charge < -0.3 is 4.74 Å². The van der Waals surface area contributed by atoms with Gasteiger partial charge in [-0.1, -0.05) is 32.9 Å². The molecule has 0 saturated heterocycles. The second kappa shape index (κ2) is 6.30. The Labute approximate surface area is 129 Å². The molecule has 1 aromatic carbocycles. The van der Waals surface area contributed by atoms with Crippen LogP contribution in [-0.4, -0.2) is 22.4 Å². The Morgan fingerprint density at radius 1 is 1.32 bits per heavy atom. The molecular weight excluding hydrogens is 283 g/mol. The van der Waals surface area contributed by atoms with E-state index in [0.717, 1.165) is 11.3 Å². The molecule has 2 aromatic rings. The van der Waals surface area contributed by atoms with Crippen molar-refractivity contribution in [1.82, 2.24) is 9.78 Å². The van der Waals surface area contributed by atoms with Gasteiger partial charge in [-0.2, -0.15) is 5.10 Å². The number of benzene rings is 1. The Morgan fingerprint density at radius 2 is 2.05 bits per heavy atom. The summed E-state index contributed by atoms with van der Waals surface area (Å²) < 4.78 is 20.0. The summed E-state index contributed by atoms with van der Waals surface area (Å²) in [5, 5.41) is 4.50. The fourth-order valence-electron chi connectivity index (χ4n) is 2.08. The van der Waals surface area contributed by atoms with Gasteiger partial charge in [-0.05, 0) is 30.7 Å². The molecule has 0 bridgehead atoms. The number of carbonyl (C=O) groups is 1. The predicted molar refractivity (Wildman–Crippen MR) is 82.4 cm³/mol. The summed E-state index contributed by atoms with van der Waals surface area (Å²) in [4.78, 5) is 12.1. The molecule has 0 saturated carbocycles. The van der Waals surface area contributed by atoms with Crippen molar-refractivity contribution in [2.75, 3.05) is 6.61 Å². The summed E-state index contributed by atoms with van der Waals surface area (Å²) in [5.74, 6) is -0.722. The van der Waals surface area contributed by atoms with Crippen LogP contribution in [0.25, 0.3) is 0 Å². The summed E-state index contributed by atoms with van der Waals surface area (Å²) in [7, 11) is 0. The minimum atomic E-state index is -0.415. The molecule has 22 heavy (non-hydrogen) atoms. The van der Waals surface area contributed by atoms with Crippen LogP contribution in [0.5, 0.6) is 0 Å². The van der Waals surface area contributed by atoms with E-state index in [1.165, 1.54) is 12.1 Å². The van der Waals surface area contributed by atoms with Gasteiger partial charge in [0.2, 0.25) is 0 Å². The lowest BCUT2D eigenvalue weighted by Gasteiger charge is -2.14. The number of hydrogen-bond acceptors (Lipinski definition) is 3. The largest absolute Gasteiger partial charge is 0.461 e. The first kappa shape index (κ1) is 16.2. The van der Waals surface area contributed by atoms with E-state index in [-0.39, 0.29) is 11.2 Å². The van der Waals surface area contributed by atoms with Gasteiger partial charge in [0.15, 0.2) is 0 Å². The lowest BCUT2D eigenvalue weighted by Crippen LogP contribution is -2.15. The highest BCUT2D eigenvalue weighted by Crippen LogP contribution is 2.22. The molecular formula is C17H21FN2O2. The third-order valence-electron chi connectivity index (χ3n) is 3.25. The zero-order chi connectivity index (χ0) is 16.3. The average molecular weight is 304 g/mol. The topological polar surface area (TPSA) is 44.1 Å². The third-order valence-corrected chi connectivity index (χ3v) is 3.25. The number of halogens is 1. The van der Waals surface area contributed by atoms with E-state index in [9.17, 15) is 9.18 Å². The molecule has 1 heterocycles. The number of carbonyl (C=O) groups excluding carboxylic acids is 1. The molecule has 0 N–H and O–H groups in total. The van der Waals surface area contributed by atoms with Gasteiger partial charge in [0.1, 0.15) is 11.5 Å². The van der Waals surface area contributed by atoms with Crippen LogP contribution in [0.4, 0.5) is 4.39 Å². The summed E-state index contributed by atoms with van der Waals surface area (Å²) in [5.41, 5.74) is 1.74. The van der Waals surface area contributed by atoms with E-state index in [1.807, 2.05) is 20.8 Å². The summed E-state index contributed by atoms with van der Waals surface area (Å²) >= 11 is 0. The molecule has 0 radical (unpaired) electrons. The van der Waals surface area contributed by atoms with Gasteiger partial charge in [0.05, 0.1) is 18.8 Å². The lowest BCUT2D eigenvalue weighted by atomic mass is 9.92. The Balaban J connectivity index is 2.39. The summed E-state index contributed by atoms with van der Waals surface area (Å²) in [6.07, 6.45) is 0. The third kappa shape index (κ3) is 3.72. The Bertz CT molecular complexity index is 672. The number of esters is 1. The van der Waals surface area contributed by atoms with Crippen LogP contribution in [0.3, 0.4) is 0 Å². The monoisotopic (exact) mass is 304 g/mol. The van der Waals surface area contributed by atoms with Crippen LogP contribution in [0, 0.1) is 5.82 Å². The first-order valence-electron chi connectivity index (χ1n) is 7.31. The van der Waals surface area contributed by atoms with Gasteiger partial charge >= 0.3 is 5.97 Å². The number of ether oxygens (including phenoxy) is 1. The molecule has 0 aliphatic rings. The molecule has 0 amide bonds. The van der Waals surface area contributed by atoms with E-state index in [2.05, 4.69) is 5.10 Å². The van der Waals surface area contributed by atoms with Crippen molar-refractivity contribution in [2.24, 2.45) is 0 Å². The van der Waals surface area contributed by atoms with Crippen molar-refractivity contribution < 1.29 is 13.9 Å². The fraction of sp³-hybridized carbons (Fsp3) is 0.412. The van der Waals surface area contributed by atoms with Crippen LogP contribution >= 0.6 is 0 Å². The smallest absolute Gasteiger partial charge is 0.356 e. The van der Waals surface area contributed by atoms with Gasteiger partial charge in [-0.3, -0.25) is 4.68 Å². The maximum Gasteiger partial charge on any atom is 0.356 e. The van der Waals surface area contributed by atoms with Crippen molar-refractivity contribution in [3.8, 4) is 0 Å². The fourth-order valence-corrected chi connectivity index (χ4v) is 2.08. The van der Waals surface area contributed by atoms with Crippen molar-refractivity contribution in [3.63, 3.8) is 0 Å². The molecule has 118 valence electrons. The molecule has 0 unspecified atom stereocenters. The molecule has 0 atom stereocenters. The molecule has 0 aliphatic heterocycles. The molecule has 1 aromatic heterocycles. The van der Waals surface area contributed by atoms with Crippen LogP contribution in [0.1, 0.15) is 49.4 Å².